The third-order valence-electron chi connectivity index (χ3n) is 5.20. The Morgan fingerprint density at radius 3 is 2.53 bits per heavy atom. The maximum absolute atomic E-state index is 13.0. The predicted molar refractivity (Wildman–Crippen MR) is 117 cm³/mol. The lowest BCUT2D eigenvalue weighted by Gasteiger charge is -2.26. The highest BCUT2D eigenvalue weighted by molar-refractivity contribution is 9.10. The number of benzene rings is 2. The van der Waals surface area contributed by atoms with Crippen molar-refractivity contribution in [2.24, 2.45) is 0 Å². The molecular weight excluding hydrogens is 450 g/mol. The van der Waals surface area contributed by atoms with E-state index >= 15 is 0 Å². The quantitative estimate of drug-likeness (QED) is 0.282. The number of aliphatic hydroxyl groups is 1. The number of Topliss-reactive ketones (excluding diaryl/α,β-unsaturated/α-hetero) is 1. The Bertz CT molecular complexity index is 1000. The summed E-state index contributed by atoms with van der Waals surface area (Å²) in [6, 6.07) is 11.9. The van der Waals surface area contributed by atoms with Gasteiger partial charge in [0.1, 0.15) is 11.5 Å². The molecule has 0 saturated carbocycles. The van der Waals surface area contributed by atoms with E-state index in [2.05, 4.69) is 15.9 Å². The molecule has 1 unspecified atom stereocenters. The summed E-state index contributed by atoms with van der Waals surface area (Å²) < 4.78 is 11.0. The first-order valence-electron chi connectivity index (χ1n) is 9.57. The maximum atomic E-state index is 13.0. The first kappa shape index (κ1) is 22.1. The topological polar surface area (TPSA) is 76.1 Å². The molecule has 1 fully saturated rings. The highest BCUT2D eigenvalue weighted by Gasteiger charge is 2.46. The van der Waals surface area contributed by atoms with Crippen molar-refractivity contribution in [2.45, 2.75) is 19.4 Å². The summed E-state index contributed by atoms with van der Waals surface area (Å²) in [4.78, 5) is 27.4. The smallest absolute Gasteiger partial charge is 0.295 e. The van der Waals surface area contributed by atoms with Gasteiger partial charge in [-0.3, -0.25) is 9.59 Å². The number of rotatable bonds is 7. The summed E-state index contributed by atoms with van der Waals surface area (Å²) in [6.45, 7) is 2.74. The molecule has 1 saturated heterocycles. The lowest BCUT2D eigenvalue weighted by Crippen LogP contribution is -2.31. The van der Waals surface area contributed by atoms with E-state index in [4.69, 9.17) is 9.47 Å². The van der Waals surface area contributed by atoms with Gasteiger partial charge in [-0.15, -0.1) is 0 Å². The Kier molecular flexibility index (Phi) is 6.95. The third-order valence-corrected chi connectivity index (χ3v) is 5.82. The number of halogens is 1. The van der Waals surface area contributed by atoms with Gasteiger partial charge in [0.15, 0.2) is 0 Å². The van der Waals surface area contributed by atoms with Crippen molar-refractivity contribution in [3.8, 4) is 5.75 Å². The monoisotopic (exact) mass is 473 g/mol. The van der Waals surface area contributed by atoms with E-state index in [1.807, 2.05) is 31.2 Å². The van der Waals surface area contributed by atoms with E-state index in [0.717, 1.165) is 11.1 Å². The van der Waals surface area contributed by atoms with Gasteiger partial charge in [-0.05, 0) is 58.6 Å². The SMILES string of the molecule is COCCCN1C(=O)C(=O)/C(=C(/O)c2ccc(OC)c(Br)c2)C1c1ccccc1C. The first-order valence-corrected chi connectivity index (χ1v) is 10.4. The second kappa shape index (κ2) is 9.45. The van der Waals surface area contributed by atoms with Gasteiger partial charge in [0, 0.05) is 25.8 Å². The first-order chi connectivity index (χ1) is 14.4. The molecule has 0 radical (unpaired) electrons. The van der Waals surface area contributed by atoms with Crippen molar-refractivity contribution in [1.82, 2.24) is 4.90 Å². The van der Waals surface area contributed by atoms with E-state index in [9.17, 15) is 14.7 Å². The van der Waals surface area contributed by atoms with Crippen molar-refractivity contribution >= 4 is 33.4 Å². The molecule has 1 heterocycles. The van der Waals surface area contributed by atoms with Crippen LogP contribution in [-0.4, -0.2) is 49.1 Å². The van der Waals surface area contributed by atoms with Gasteiger partial charge in [0.05, 0.1) is 23.2 Å². The number of likely N-dealkylation sites (tertiary alicyclic amines) is 1. The number of carbonyl (C=O) groups excluding carboxylic acids is 2. The number of ketones is 1. The molecule has 1 amide bonds. The Balaban J connectivity index is 2.15. The summed E-state index contributed by atoms with van der Waals surface area (Å²) >= 11 is 3.40. The molecule has 158 valence electrons. The number of aryl methyl sites for hydroxylation is 1. The summed E-state index contributed by atoms with van der Waals surface area (Å²) in [7, 11) is 3.14. The highest BCUT2D eigenvalue weighted by atomic mass is 79.9. The van der Waals surface area contributed by atoms with Crippen molar-refractivity contribution < 1.29 is 24.2 Å². The van der Waals surface area contributed by atoms with E-state index in [1.54, 1.807) is 32.4 Å². The molecule has 0 spiro atoms. The Labute approximate surface area is 184 Å². The van der Waals surface area contributed by atoms with Crippen LogP contribution < -0.4 is 4.74 Å². The Morgan fingerprint density at radius 2 is 1.90 bits per heavy atom. The molecule has 0 aromatic heterocycles. The number of methoxy groups -OCH3 is 2. The van der Waals surface area contributed by atoms with Gasteiger partial charge >= 0.3 is 0 Å². The molecule has 1 atom stereocenters. The summed E-state index contributed by atoms with van der Waals surface area (Å²) in [6.07, 6.45) is 0.583. The fourth-order valence-corrected chi connectivity index (χ4v) is 4.22. The van der Waals surface area contributed by atoms with Crippen LogP contribution >= 0.6 is 15.9 Å². The van der Waals surface area contributed by atoms with Gasteiger partial charge < -0.3 is 19.5 Å². The number of hydrogen-bond donors (Lipinski definition) is 1. The molecule has 1 aliphatic heterocycles. The Morgan fingerprint density at radius 1 is 1.17 bits per heavy atom. The van der Waals surface area contributed by atoms with Crippen LogP contribution in [0.25, 0.3) is 5.76 Å². The molecule has 1 aliphatic rings. The van der Waals surface area contributed by atoms with Crippen molar-refractivity contribution in [3.63, 3.8) is 0 Å². The molecule has 1 N–H and O–H groups in total. The second-order valence-corrected chi connectivity index (χ2v) is 7.90. The van der Waals surface area contributed by atoms with Gasteiger partial charge in [0.2, 0.25) is 0 Å². The molecule has 6 nitrogen and oxygen atoms in total. The zero-order chi connectivity index (χ0) is 21.8. The molecule has 2 aromatic rings. The van der Waals surface area contributed by atoms with Crippen LogP contribution in [0.5, 0.6) is 5.75 Å². The van der Waals surface area contributed by atoms with E-state index in [0.29, 0.717) is 35.4 Å². The van der Waals surface area contributed by atoms with Gasteiger partial charge in [-0.1, -0.05) is 24.3 Å². The molecule has 0 bridgehead atoms. The number of hydrogen-bond acceptors (Lipinski definition) is 5. The highest BCUT2D eigenvalue weighted by Crippen LogP contribution is 2.41. The molecular formula is C23H24BrNO5. The van der Waals surface area contributed by atoms with Crippen LogP contribution in [0.1, 0.15) is 29.2 Å². The minimum Gasteiger partial charge on any atom is -0.507 e. The van der Waals surface area contributed by atoms with Crippen molar-refractivity contribution in [2.75, 3.05) is 27.4 Å². The number of amides is 1. The van der Waals surface area contributed by atoms with Gasteiger partial charge in [-0.2, -0.15) is 0 Å². The zero-order valence-corrected chi connectivity index (χ0v) is 18.7. The largest absolute Gasteiger partial charge is 0.507 e. The normalized spacial score (nSPS) is 18.1. The van der Waals surface area contributed by atoms with Crippen LogP contribution in [0.3, 0.4) is 0 Å². The van der Waals surface area contributed by atoms with Crippen LogP contribution in [0.15, 0.2) is 52.5 Å². The number of ether oxygens (including phenoxy) is 2. The Hall–Kier alpha value is -2.64. The van der Waals surface area contributed by atoms with Crippen LogP contribution in [0, 0.1) is 6.92 Å². The lowest BCUT2D eigenvalue weighted by atomic mass is 9.92. The summed E-state index contributed by atoms with van der Waals surface area (Å²) in [5, 5.41) is 11.1. The average molecular weight is 474 g/mol. The van der Waals surface area contributed by atoms with Gasteiger partial charge in [-0.25, -0.2) is 0 Å². The number of nitrogens with zero attached hydrogens (tertiary/aromatic N) is 1. The number of carbonyl (C=O) groups is 2. The van der Waals surface area contributed by atoms with E-state index in [-0.39, 0.29) is 11.3 Å². The third kappa shape index (κ3) is 4.13. The van der Waals surface area contributed by atoms with Crippen molar-refractivity contribution in [1.29, 1.82) is 0 Å². The standard InChI is InChI=1S/C23H24BrNO5/c1-14-7-4-5-8-16(14)20-19(22(27)23(28)25(20)11-6-12-29-2)21(26)15-9-10-18(30-3)17(24)13-15/h4-5,7-10,13,20,26H,6,11-12H2,1-3H3/b21-19+. The summed E-state index contributed by atoms with van der Waals surface area (Å²) in [5.41, 5.74) is 2.26. The molecule has 0 aliphatic carbocycles. The van der Waals surface area contributed by atoms with Gasteiger partial charge in [0.25, 0.3) is 11.7 Å². The molecule has 7 heteroatoms. The predicted octanol–water partition coefficient (Wildman–Crippen LogP) is 4.22. The van der Waals surface area contributed by atoms with E-state index in [1.165, 1.54) is 4.90 Å². The summed E-state index contributed by atoms with van der Waals surface area (Å²) in [5.74, 6) is -0.917. The number of aliphatic hydroxyl groups excluding tert-OH is 1. The zero-order valence-electron chi connectivity index (χ0n) is 17.1. The van der Waals surface area contributed by atoms with E-state index < -0.39 is 17.7 Å². The minimum atomic E-state index is -0.690. The maximum Gasteiger partial charge on any atom is 0.295 e. The minimum absolute atomic E-state index is 0.0868. The van der Waals surface area contributed by atoms with Crippen LogP contribution in [0.4, 0.5) is 0 Å². The lowest BCUT2D eigenvalue weighted by molar-refractivity contribution is -0.140. The fraction of sp³-hybridized carbons (Fsp3) is 0.304. The van der Waals surface area contributed by atoms with Crippen LogP contribution in [0.2, 0.25) is 0 Å². The molecule has 2 aromatic carbocycles. The molecule has 3 rings (SSSR count). The fourth-order valence-electron chi connectivity index (χ4n) is 3.68. The second-order valence-electron chi connectivity index (χ2n) is 7.04. The average Bonchev–Trinajstić information content (AvgIpc) is 2.98. The molecule has 30 heavy (non-hydrogen) atoms. The van der Waals surface area contributed by atoms with Crippen molar-refractivity contribution in [3.05, 3.63) is 69.2 Å². The van der Waals surface area contributed by atoms with Crippen LogP contribution in [-0.2, 0) is 14.3 Å².